The number of pyridine rings is 1. The number of nitrogens with one attached hydrogen (secondary N) is 2. The first kappa shape index (κ1) is 15.9. The van der Waals surface area contributed by atoms with Crippen LogP contribution in [0.4, 0.5) is 5.82 Å². The van der Waals surface area contributed by atoms with Gasteiger partial charge in [-0.2, -0.15) is 0 Å². The Morgan fingerprint density at radius 2 is 2.15 bits per heavy atom. The first-order chi connectivity index (χ1) is 9.56. The van der Waals surface area contributed by atoms with Crippen LogP contribution in [-0.2, 0) is 16.0 Å². The van der Waals surface area contributed by atoms with E-state index in [4.69, 9.17) is 10.5 Å². The number of nitrogens with zero attached hydrogens (tertiary/aromatic N) is 1. The summed E-state index contributed by atoms with van der Waals surface area (Å²) >= 11 is 0. The lowest BCUT2D eigenvalue weighted by Gasteiger charge is -2.08. The summed E-state index contributed by atoms with van der Waals surface area (Å²) in [5.41, 5.74) is 6.30. The number of rotatable bonds is 8. The molecule has 1 rings (SSSR count). The van der Waals surface area contributed by atoms with E-state index in [1.165, 1.54) is 0 Å². The third-order valence-electron chi connectivity index (χ3n) is 2.54. The van der Waals surface area contributed by atoms with Gasteiger partial charge in [0.1, 0.15) is 12.4 Å². The molecule has 7 heteroatoms. The summed E-state index contributed by atoms with van der Waals surface area (Å²) in [6.45, 7) is 2.38. The summed E-state index contributed by atoms with van der Waals surface area (Å²) in [4.78, 5) is 26.7. The van der Waals surface area contributed by atoms with Crippen molar-refractivity contribution in [3.05, 3.63) is 23.4 Å². The van der Waals surface area contributed by atoms with Gasteiger partial charge in [0.15, 0.2) is 0 Å². The SMILES string of the molecule is CCc1cc(C(=O)NCCOCC(N)=O)cc(NC)n1. The molecule has 0 unspecified atom stereocenters. The predicted molar refractivity (Wildman–Crippen MR) is 75.5 cm³/mol. The lowest BCUT2D eigenvalue weighted by atomic mass is 10.2. The number of aromatic nitrogens is 1. The van der Waals surface area contributed by atoms with Crippen molar-refractivity contribution >= 4 is 17.6 Å². The van der Waals surface area contributed by atoms with E-state index < -0.39 is 5.91 Å². The Morgan fingerprint density at radius 1 is 1.40 bits per heavy atom. The maximum Gasteiger partial charge on any atom is 0.251 e. The van der Waals surface area contributed by atoms with E-state index in [1.807, 2.05) is 6.92 Å². The lowest BCUT2D eigenvalue weighted by molar-refractivity contribution is -0.122. The molecule has 0 aliphatic carbocycles. The van der Waals surface area contributed by atoms with Crippen molar-refractivity contribution < 1.29 is 14.3 Å². The molecule has 0 saturated heterocycles. The van der Waals surface area contributed by atoms with Crippen molar-refractivity contribution in [2.45, 2.75) is 13.3 Å². The zero-order chi connectivity index (χ0) is 15.0. The molecular weight excluding hydrogens is 260 g/mol. The zero-order valence-electron chi connectivity index (χ0n) is 11.7. The number of carbonyl (C=O) groups is 2. The first-order valence-corrected chi connectivity index (χ1v) is 6.39. The highest BCUT2D eigenvalue weighted by Gasteiger charge is 2.08. The highest BCUT2D eigenvalue weighted by Crippen LogP contribution is 2.10. The number of primary amides is 1. The number of amides is 2. The summed E-state index contributed by atoms with van der Waals surface area (Å²) in [7, 11) is 1.75. The fraction of sp³-hybridized carbons (Fsp3) is 0.462. The second-order valence-corrected chi connectivity index (χ2v) is 4.11. The van der Waals surface area contributed by atoms with Gasteiger partial charge in [0.25, 0.3) is 5.91 Å². The van der Waals surface area contributed by atoms with Gasteiger partial charge in [0.2, 0.25) is 5.91 Å². The Kier molecular flexibility index (Phi) is 6.45. The number of carbonyl (C=O) groups excluding carboxylic acids is 2. The van der Waals surface area contributed by atoms with Crippen LogP contribution in [-0.4, -0.2) is 43.6 Å². The van der Waals surface area contributed by atoms with Crippen LogP contribution in [0.25, 0.3) is 0 Å². The van der Waals surface area contributed by atoms with Crippen molar-refractivity contribution in [2.24, 2.45) is 5.73 Å². The average Bonchev–Trinajstić information content (AvgIpc) is 2.45. The summed E-state index contributed by atoms with van der Waals surface area (Å²) < 4.78 is 4.96. The molecule has 0 aliphatic rings. The van der Waals surface area contributed by atoms with Crippen LogP contribution < -0.4 is 16.4 Å². The van der Waals surface area contributed by atoms with E-state index in [1.54, 1.807) is 19.2 Å². The van der Waals surface area contributed by atoms with Crippen LogP contribution >= 0.6 is 0 Å². The van der Waals surface area contributed by atoms with Crippen LogP contribution in [0, 0.1) is 0 Å². The highest BCUT2D eigenvalue weighted by atomic mass is 16.5. The molecule has 0 bridgehead atoms. The molecule has 0 saturated carbocycles. The molecule has 0 spiro atoms. The zero-order valence-corrected chi connectivity index (χ0v) is 11.7. The maximum atomic E-state index is 12.0. The fourth-order valence-corrected chi connectivity index (χ4v) is 1.54. The van der Waals surface area contributed by atoms with Gasteiger partial charge in [-0.3, -0.25) is 9.59 Å². The molecule has 0 radical (unpaired) electrons. The number of ether oxygens (including phenoxy) is 1. The van der Waals surface area contributed by atoms with Gasteiger partial charge in [0, 0.05) is 24.8 Å². The fourth-order valence-electron chi connectivity index (χ4n) is 1.54. The number of aryl methyl sites for hydroxylation is 1. The van der Waals surface area contributed by atoms with Gasteiger partial charge >= 0.3 is 0 Å². The van der Waals surface area contributed by atoms with Gasteiger partial charge in [-0.05, 0) is 18.6 Å². The molecule has 1 heterocycles. The second kappa shape index (κ2) is 8.11. The van der Waals surface area contributed by atoms with Gasteiger partial charge in [0.05, 0.1) is 6.61 Å². The quantitative estimate of drug-likeness (QED) is 0.577. The summed E-state index contributed by atoms with van der Waals surface area (Å²) in [5, 5.41) is 5.62. The van der Waals surface area contributed by atoms with Crippen LogP contribution in [0.15, 0.2) is 12.1 Å². The Morgan fingerprint density at radius 3 is 2.75 bits per heavy atom. The van der Waals surface area contributed by atoms with E-state index >= 15 is 0 Å². The standard InChI is InChI=1S/C13H20N4O3/c1-3-10-6-9(7-12(15-2)17-10)13(19)16-4-5-20-8-11(14)18/h6-7H,3-5,8H2,1-2H3,(H2,14,18)(H,15,17)(H,16,19). The van der Waals surface area contributed by atoms with Crippen LogP contribution in [0.3, 0.4) is 0 Å². The first-order valence-electron chi connectivity index (χ1n) is 6.39. The second-order valence-electron chi connectivity index (χ2n) is 4.11. The number of hydrogen-bond acceptors (Lipinski definition) is 5. The van der Waals surface area contributed by atoms with E-state index in [-0.39, 0.29) is 19.1 Å². The molecule has 7 nitrogen and oxygen atoms in total. The molecule has 0 fully saturated rings. The average molecular weight is 280 g/mol. The van der Waals surface area contributed by atoms with E-state index in [2.05, 4.69) is 15.6 Å². The van der Waals surface area contributed by atoms with E-state index in [0.717, 1.165) is 12.1 Å². The van der Waals surface area contributed by atoms with E-state index in [9.17, 15) is 9.59 Å². The third kappa shape index (κ3) is 5.23. The minimum Gasteiger partial charge on any atom is -0.373 e. The molecule has 110 valence electrons. The molecule has 4 N–H and O–H groups in total. The molecule has 0 aliphatic heterocycles. The molecular formula is C13H20N4O3. The highest BCUT2D eigenvalue weighted by molar-refractivity contribution is 5.95. The number of hydrogen-bond donors (Lipinski definition) is 3. The van der Waals surface area contributed by atoms with Gasteiger partial charge < -0.3 is 21.1 Å². The van der Waals surface area contributed by atoms with Crippen molar-refractivity contribution in [2.75, 3.05) is 32.1 Å². The Labute approximate surface area is 117 Å². The molecule has 2 amide bonds. The lowest BCUT2D eigenvalue weighted by Crippen LogP contribution is -2.29. The van der Waals surface area contributed by atoms with Crippen LogP contribution in [0.2, 0.25) is 0 Å². The van der Waals surface area contributed by atoms with E-state index in [0.29, 0.717) is 17.9 Å². The summed E-state index contributed by atoms with van der Waals surface area (Å²) in [6.07, 6.45) is 0.748. The maximum absolute atomic E-state index is 12.0. The minimum absolute atomic E-state index is 0.144. The third-order valence-corrected chi connectivity index (χ3v) is 2.54. The Balaban J connectivity index is 2.52. The Hall–Kier alpha value is -2.15. The van der Waals surface area contributed by atoms with Crippen molar-refractivity contribution in [1.82, 2.24) is 10.3 Å². The Bertz CT molecular complexity index is 454. The van der Waals surface area contributed by atoms with Gasteiger partial charge in [-0.1, -0.05) is 6.92 Å². The predicted octanol–water partition coefficient (Wildman–Crippen LogP) is -0.0826. The topological polar surface area (TPSA) is 106 Å². The normalized spacial score (nSPS) is 10.1. The minimum atomic E-state index is -0.531. The molecule has 1 aromatic rings. The molecule has 1 aromatic heterocycles. The van der Waals surface area contributed by atoms with Crippen molar-refractivity contribution in [3.63, 3.8) is 0 Å². The summed E-state index contributed by atoms with van der Waals surface area (Å²) in [5.74, 6) is -0.0857. The van der Waals surface area contributed by atoms with Gasteiger partial charge in [-0.15, -0.1) is 0 Å². The number of nitrogens with two attached hydrogens (primary N) is 1. The van der Waals surface area contributed by atoms with Crippen molar-refractivity contribution in [3.8, 4) is 0 Å². The monoisotopic (exact) mass is 280 g/mol. The number of anilines is 1. The molecule has 0 aromatic carbocycles. The van der Waals surface area contributed by atoms with Crippen LogP contribution in [0.1, 0.15) is 23.0 Å². The van der Waals surface area contributed by atoms with Gasteiger partial charge in [-0.25, -0.2) is 4.98 Å². The smallest absolute Gasteiger partial charge is 0.251 e. The molecule has 0 atom stereocenters. The van der Waals surface area contributed by atoms with Crippen molar-refractivity contribution in [1.29, 1.82) is 0 Å². The largest absolute Gasteiger partial charge is 0.373 e. The summed E-state index contributed by atoms with van der Waals surface area (Å²) in [6, 6.07) is 3.43. The van der Waals surface area contributed by atoms with Crippen LogP contribution in [0.5, 0.6) is 0 Å². The molecule has 20 heavy (non-hydrogen) atoms.